The van der Waals surface area contributed by atoms with Crippen molar-refractivity contribution in [3.05, 3.63) is 77.2 Å². The molecule has 140 valence electrons. The van der Waals surface area contributed by atoms with E-state index in [2.05, 4.69) is 26.6 Å². The predicted molar refractivity (Wildman–Crippen MR) is 107 cm³/mol. The van der Waals surface area contributed by atoms with Gasteiger partial charge in [0.25, 0.3) is 5.91 Å². The van der Waals surface area contributed by atoms with Gasteiger partial charge in [0.05, 0.1) is 6.04 Å². The van der Waals surface area contributed by atoms with Crippen LogP contribution in [0.2, 0.25) is 0 Å². The molecule has 4 nitrogen and oxygen atoms in total. The van der Waals surface area contributed by atoms with E-state index in [4.69, 9.17) is 0 Å². The lowest BCUT2D eigenvalue weighted by Gasteiger charge is -2.24. The average Bonchev–Trinajstić information content (AvgIpc) is 2.69. The van der Waals surface area contributed by atoms with Crippen molar-refractivity contribution in [2.75, 3.05) is 6.54 Å². The minimum Gasteiger partial charge on any atom is -0.324 e. The van der Waals surface area contributed by atoms with Gasteiger partial charge in [-0.1, -0.05) is 30.3 Å². The van der Waals surface area contributed by atoms with Crippen LogP contribution in [0.15, 0.2) is 60.3 Å². The summed E-state index contributed by atoms with van der Waals surface area (Å²) < 4.78 is 13.9. The largest absolute Gasteiger partial charge is 0.324 e. The van der Waals surface area contributed by atoms with Gasteiger partial charge in [0.15, 0.2) is 0 Å². The summed E-state index contributed by atoms with van der Waals surface area (Å²) in [6.45, 7) is 0.768. The normalized spacial score (nSPS) is 18.0. The van der Waals surface area contributed by atoms with Gasteiger partial charge in [-0.2, -0.15) is 0 Å². The second-order valence-electron chi connectivity index (χ2n) is 6.40. The van der Waals surface area contributed by atoms with Crippen LogP contribution in [-0.2, 0) is 4.79 Å². The van der Waals surface area contributed by atoms with Crippen LogP contribution >= 0.6 is 15.9 Å². The second-order valence-corrected chi connectivity index (χ2v) is 7.19. The summed E-state index contributed by atoms with van der Waals surface area (Å²) in [6.07, 6.45) is 1.70. The molecule has 3 rings (SSSR count). The molecule has 1 fully saturated rings. The number of Topliss-reactive ketones (excluding diaryl/α,β-unsaturated/α-hetero) is 1. The lowest BCUT2D eigenvalue weighted by atomic mass is 9.98. The Kier molecular flexibility index (Phi) is 6.53. The van der Waals surface area contributed by atoms with Crippen LogP contribution in [0, 0.1) is 5.82 Å². The zero-order valence-corrected chi connectivity index (χ0v) is 16.3. The minimum absolute atomic E-state index is 0.132. The van der Waals surface area contributed by atoms with Crippen molar-refractivity contribution < 1.29 is 14.0 Å². The fraction of sp³-hybridized carbons (Fsp3) is 0.238. The number of hydrogen-bond acceptors (Lipinski definition) is 3. The van der Waals surface area contributed by atoms with Crippen molar-refractivity contribution in [1.82, 2.24) is 10.6 Å². The summed E-state index contributed by atoms with van der Waals surface area (Å²) in [5.74, 6) is -0.460. The van der Waals surface area contributed by atoms with Crippen molar-refractivity contribution >= 4 is 32.1 Å². The first-order chi connectivity index (χ1) is 13.0. The molecular formula is C21H20BrFN2O2. The summed E-state index contributed by atoms with van der Waals surface area (Å²) in [5.41, 5.74) is 1.84. The molecule has 0 saturated carbocycles. The van der Waals surface area contributed by atoms with Crippen LogP contribution in [0.5, 0.6) is 0 Å². The van der Waals surface area contributed by atoms with E-state index >= 15 is 0 Å². The first-order valence-corrected chi connectivity index (χ1v) is 9.61. The summed E-state index contributed by atoms with van der Waals surface area (Å²) >= 11 is 3.53. The highest BCUT2D eigenvalue weighted by atomic mass is 79.9. The van der Waals surface area contributed by atoms with Crippen LogP contribution in [0.25, 0.3) is 4.48 Å². The third-order valence-corrected chi connectivity index (χ3v) is 5.39. The zero-order chi connectivity index (χ0) is 19.2. The van der Waals surface area contributed by atoms with Crippen molar-refractivity contribution in [2.45, 2.75) is 25.3 Å². The first kappa shape index (κ1) is 19.5. The quantitative estimate of drug-likeness (QED) is 0.752. The molecule has 1 atom stereocenters. The molecule has 6 heteroatoms. The number of amides is 1. The van der Waals surface area contributed by atoms with Crippen molar-refractivity contribution in [1.29, 1.82) is 0 Å². The number of carbonyl (C=O) groups is 2. The molecule has 1 aliphatic heterocycles. The maximum atomic E-state index is 13.3. The van der Waals surface area contributed by atoms with E-state index in [1.54, 1.807) is 36.4 Å². The van der Waals surface area contributed by atoms with Crippen LogP contribution in [0.3, 0.4) is 0 Å². The average molecular weight is 431 g/mol. The fourth-order valence-corrected chi connectivity index (χ4v) is 3.51. The number of rotatable bonds is 5. The van der Waals surface area contributed by atoms with Crippen molar-refractivity contribution in [2.24, 2.45) is 0 Å². The number of carbonyl (C=O) groups excluding carboxylic acids is 2. The van der Waals surface area contributed by atoms with Gasteiger partial charge in [0, 0.05) is 28.6 Å². The third kappa shape index (κ3) is 5.11. The number of nitrogens with one attached hydrogen (secondary N) is 2. The Hall–Kier alpha value is -2.31. The standard InChI is InChI=1S/C21H20BrFN2O2/c22-20(14-8-10-16(23)11-9-14)18(13-17-19(26)7-4-12-24-17)25-21(27)15-5-2-1-3-6-15/h1-3,5-6,8-11,17,24H,4,7,12-13H2,(H,25,27)/b20-18-. The van der Waals surface area contributed by atoms with Crippen LogP contribution in [0.4, 0.5) is 4.39 Å². The molecule has 1 heterocycles. The molecule has 2 N–H and O–H groups in total. The van der Waals surface area contributed by atoms with Crippen LogP contribution in [-0.4, -0.2) is 24.3 Å². The lowest BCUT2D eigenvalue weighted by molar-refractivity contribution is -0.122. The molecule has 2 aromatic carbocycles. The Morgan fingerprint density at radius 1 is 1.11 bits per heavy atom. The van der Waals surface area contributed by atoms with Crippen molar-refractivity contribution in [3.63, 3.8) is 0 Å². The van der Waals surface area contributed by atoms with Crippen LogP contribution in [0.1, 0.15) is 35.2 Å². The second kappa shape index (κ2) is 9.06. The highest BCUT2D eigenvalue weighted by Gasteiger charge is 2.25. The smallest absolute Gasteiger partial charge is 0.255 e. The number of hydrogen-bond donors (Lipinski definition) is 2. The predicted octanol–water partition coefficient (Wildman–Crippen LogP) is 4.03. The molecule has 2 aromatic rings. The fourth-order valence-electron chi connectivity index (χ4n) is 2.98. The first-order valence-electron chi connectivity index (χ1n) is 8.81. The SMILES string of the molecule is O=C(N/C(CC1NCCCC1=O)=C(\Br)c1ccc(F)cc1)c1ccccc1. The molecule has 1 aliphatic rings. The van der Waals surface area contributed by atoms with E-state index < -0.39 is 0 Å². The maximum Gasteiger partial charge on any atom is 0.255 e. The van der Waals surface area contributed by atoms with Gasteiger partial charge >= 0.3 is 0 Å². The van der Waals surface area contributed by atoms with E-state index in [1.165, 1.54) is 12.1 Å². The molecule has 0 bridgehead atoms. The Morgan fingerprint density at radius 3 is 2.48 bits per heavy atom. The summed E-state index contributed by atoms with van der Waals surface area (Å²) in [4.78, 5) is 24.9. The Morgan fingerprint density at radius 2 is 1.81 bits per heavy atom. The molecule has 0 radical (unpaired) electrons. The van der Waals surface area contributed by atoms with Gasteiger partial charge in [0.2, 0.25) is 0 Å². The minimum atomic E-state index is -0.349. The highest BCUT2D eigenvalue weighted by molar-refractivity contribution is 9.15. The number of halogens is 2. The summed E-state index contributed by atoms with van der Waals surface area (Å²) in [7, 11) is 0. The third-order valence-electron chi connectivity index (χ3n) is 4.45. The topological polar surface area (TPSA) is 58.2 Å². The highest BCUT2D eigenvalue weighted by Crippen LogP contribution is 2.27. The molecule has 0 spiro atoms. The molecule has 0 aromatic heterocycles. The molecule has 1 saturated heterocycles. The molecule has 0 aliphatic carbocycles. The van der Waals surface area contributed by atoms with E-state index in [-0.39, 0.29) is 23.5 Å². The molecule has 1 amide bonds. The van der Waals surface area contributed by atoms with E-state index in [0.29, 0.717) is 28.6 Å². The number of benzene rings is 2. The van der Waals surface area contributed by atoms with E-state index in [0.717, 1.165) is 18.5 Å². The maximum absolute atomic E-state index is 13.3. The monoisotopic (exact) mass is 430 g/mol. The zero-order valence-electron chi connectivity index (χ0n) is 14.7. The molecule has 27 heavy (non-hydrogen) atoms. The van der Waals surface area contributed by atoms with E-state index in [1.807, 2.05) is 6.07 Å². The number of piperidine rings is 1. The summed E-state index contributed by atoms with van der Waals surface area (Å²) in [5, 5.41) is 6.13. The van der Waals surface area contributed by atoms with Gasteiger partial charge in [-0.15, -0.1) is 0 Å². The van der Waals surface area contributed by atoms with Gasteiger partial charge in [0.1, 0.15) is 11.6 Å². The van der Waals surface area contributed by atoms with Gasteiger partial charge in [-0.05, 0) is 58.7 Å². The Bertz CT molecular complexity index is 850. The molecule has 1 unspecified atom stereocenters. The molecular weight excluding hydrogens is 411 g/mol. The van der Waals surface area contributed by atoms with Gasteiger partial charge in [-0.25, -0.2) is 4.39 Å². The number of ketones is 1. The Labute approximate surface area is 166 Å². The van der Waals surface area contributed by atoms with Crippen molar-refractivity contribution in [3.8, 4) is 0 Å². The van der Waals surface area contributed by atoms with Gasteiger partial charge in [-0.3, -0.25) is 9.59 Å². The van der Waals surface area contributed by atoms with Gasteiger partial charge < -0.3 is 10.6 Å². The van der Waals surface area contributed by atoms with Crippen LogP contribution < -0.4 is 10.6 Å². The summed E-state index contributed by atoms with van der Waals surface area (Å²) in [6, 6.07) is 14.5. The van der Waals surface area contributed by atoms with E-state index in [9.17, 15) is 14.0 Å². The lowest BCUT2D eigenvalue weighted by Crippen LogP contribution is -2.43. The Balaban J connectivity index is 1.90.